The minimum atomic E-state index is -3.73. The van der Waals surface area contributed by atoms with Gasteiger partial charge in [0.25, 0.3) is 7.37 Å². The Labute approximate surface area is 138 Å². The van der Waals surface area contributed by atoms with Crippen LogP contribution in [0.4, 0.5) is 0 Å². The molecule has 0 aliphatic carbocycles. The lowest BCUT2D eigenvalue weighted by Crippen LogP contribution is -2.32. The molecule has 0 saturated heterocycles. The van der Waals surface area contributed by atoms with Crippen LogP contribution in [0, 0.1) is 0 Å². The van der Waals surface area contributed by atoms with Crippen LogP contribution in [-0.4, -0.2) is 54.6 Å². The second kappa shape index (κ2) is 10.9. The first-order valence-electron chi connectivity index (χ1n) is 7.97. The summed E-state index contributed by atoms with van der Waals surface area (Å²) in [4.78, 5) is 10.1. The van der Waals surface area contributed by atoms with Crippen molar-refractivity contribution >= 4 is 7.37 Å². The third-order valence-corrected chi connectivity index (χ3v) is 5.14. The van der Waals surface area contributed by atoms with Crippen molar-refractivity contribution in [2.45, 2.75) is 32.4 Å². The summed E-state index contributed by atoms with van der Waals surface area (Å²) >= 11 is 0. The topological polar surface area (TPSA) is 88.0 Å². The molecular formula is C16H28NO5P. The van der Waals surface area contributed by atoms with Crippen molar-refractivity contribution in [1.82, 2.24) is 5.32 Å². The van der Waals surface area contributed by atoms with Gasteiger partial charge in [0.2, 0.25) is 6.03 Å². The third kappa shape index (κ3) is 8.06. The number of aliphatic hydroxyl groups is 1. The second-order valence-corrected chi connectivity index (χ2v) is 7.55. The maximum absolute atomic E-state index is 12.3. The molecule has 2 atom stereocenters. The van der Waals surface area contributed by atoms with Crippen LogP contribution in [0.1, 0.15) is 19.4 Å². The Morgan fingerprint density at radius 1 is 1.17 bits per heavy atom. The first-order valence-corrected chi connectivity index (χ1v) is 9.88. The van der Waals surface area contributed by atoms with E-state index in [-0.39, 0.29) is 25.9 Å². The molecule has 1 rings (SSSR count). The van der Waals surface area contributed by atoms with Crippen molar-refractivity contribution in [3.05, 3.63) is 35.9 Å². The van der Waals surface area contributed by atoms with E-state index < -0.39 is 19.5 Å². The van der Waals surface area contributed by atoms with Crippen LogP contribution in [0.2, 0.25) is 0 Å². The van der Waals surface area contributed by atoms with Crippen LogP contribution in [0.15, 0.2) is 30.3 Å². The van der Waals surface area contributed by atoms with Crippen molar-refractivity contribution in [3.8, 4) is 0 Å². The molecule has 1 aromatic rings. The van der Waals surface area contributed by atoms with Crippen molar-refractivity contribution in [3.63, 3.8) is 0 Å². The van der Waals surface area contributed by atoms with Gasteiger partial charge < -0.3 is 24.8 Å². The van der Waals surface area contributed by atoms with Gasteiger partial charge in [-0.3, -0.25) is 4.57 Å². The minimum Gasteiger partial charge on any atom is -0.391 e. The third-order valence-electron chi connectivity index (χ3n) is 3.23. The van der Waals surface area contributed by atoms with E-state index >= 15 is 0 Å². The molecule has 0 bridgehead atoms. The van der Waals surface area contributed by atoms with Gasteiger partial charge >= 0.3 is 0 Å². The number of hydrogen-bond donors (Lipinski definition) is 3. The Balaban J connectivity index is 2.33. The molecule has 0 radical (unpaired) electrons. The monoisotopic (exact) mass is 345 g/mol. The van der Waals surface area contributed by atoms with Gasteiger partial charge in [0.05, 0.1) is 12.3 Å². The lowest BCUT2D eigenvalue weighted by atomic mass is 10.1. The van der Waals surface area contributed by atoms with Gasteiger partial charge in [-0.2, -0.15) is 0 Å². The van der Waals surface area contributed by atoms with E-state index in [4.69, 9.17) is 9.47 Å². The van der Waals surface area contributed by atoms with Crippen LogP contribution in [0.3, 0.4) is 0 Å². The molecule has 1 aromatic carbocycles. The Morgan fingerprint density at radius 3 is 2.35 bits per heavy atom. The Kier molecular flexibility index (Phi) is 9.63. The van der Waals surface area contributed by atoms with E-state index in [0.717, 1.165) is 6.42 Å². The summed E-state index contributed by atoms with van der Waals surface area (Å²) in [5.41, 5.74) is 1.20. The van der Waals surface area contributed by atoms with Crippen LogP contribution in [-0.2, 0) is 20.5 Å². The number of benzene rings is 1. The standard InChI is InChI=1S/C16H28NO5P/c1-3-21-16(22-4-2)23(19,20)13-15(18)12-17-11-10-14-8-6-5-7-9-14/h5-9,15-18H,3-4,10-13H2,1-2H3,(H,19,20)/t15-/m1/s1. The smallest absolute Gasteiger partial charge is 0.257 e. The number of aliphatic hydroxyl groups excluding tert-OH is 1. The molecule has 0 fully saturated rings. The van der Waals surface area contributed by atoms with Gasteiger partial charge in [0.1, 0.15) is 0 Å². The highest BCUT2D eigenvalue weighted by Crippen LogP contribution is 2.47. The number of ether oxygens (including phenoxy) is 2. The van der Waals surface area contributed by atoms with E-state index in [1.807, 2.05) is 30.3 Å². The summed E-state index contributed by atoms with van der Waals surface area (Å²) in [7, 11) is -3.73. The molecule has 0 aliphatic rings. The van der Waals surface area contributed by atoms with Gasteiger partial charge in [-0.25, -0.2) is 0 Å². The zero-order valence-electron chi connectivity index (χ0n) is 13.9. The fraction of sp³-hybridized carbons (Fsp3) is 0.625. The molecule has 0 aromatic heterocycles. The molecular weight excluding hydrogens is 317 g/mol. The summed E-state index contributed by atoms with van der Waals surface area (Å²) in [6, 6.07) is 8.83. The fourth-order valence-electron chi connectivity index (χ4n) is 2.16. The molecule has 0 heterocycles. The first-order chi connectivity index (χ1) is 11.0. The lowest BCUT2D eigenvalue weighted by Gasteiger charge is -2.24. The molecule has 0 aliphatic heterocycles. The lowest BCUT2D eigenvalue weighted by molar-refractivity contribution is -0.0876. The minimum absolute atomic E-state index is 0.252. The van der Waals surface area contributed by atoms with Crippen molar-refractivity contribution in [1.29, 1.82) is 0 Å². The van der Waals surface area contributed by atoms with Crippen LogP contribution in [0.5, 0.6) is 0 Å². The fourth-order valence-corrected chi connectivity index (χ4v) is 3.83. The van der Waals surface area contributed by atoms with Gasteiger partial charge in [-0.1, -0.05) is 30.3 Å². The second-order valence-electron chi connectivity index (χ2n) is 5.25. The molecule has 7 heteroatoms. The van der Waals surface area contributed by atoms with E-state index in [9.17, 15) is 14.6 Å². The molecule has 0 saturated carbocycles. The summed E-state index contributed by atoms with van der Waals surface area (Å²) in [5, 5.41) is 13.1. The first kappa shape index (κ1) is 20.3. The maximum Gasteiger partial charge on any atom is 0.257 e. The zero-order chi connectivity index (χ0) is 17.1. The molecule has 132 valence electrons. The number of nitrogens with one attached hydrogen (secondary N) is 1. The van der Waals surface area contributed by atoms with E-state index in [1.54, 1.807) is 13.8 Å². The molecule has 6 nitrogen and oxygen atoms in total. The Hall–Kier alpha value is -0.750. The molecule has 1 unspecified atom stereocenters. The number of hydrogen-bond acceptors (Lipinski definition) is 5. The molecule has 23 heavy (non-hydrogen) atoms. The average molecular weight is 345 g/mol. The van der Waals surface area contributed by atoms with Gasteiger partial charge in [0.15, 0.2) is 0 Å². The average Bonchev–Trinajstić information content (AvgIpc) is 2.52. The molecule has 0 spiro atoms. The SMILES string of the molecule is CCOC(OCC)P(=O)(O)C[C@H](O)CNCCc1ccccc1. The van der Waals surface area contributed by atoms with Gasteiger partial charge in [0, 0.05) is 19.8 Å². The molecule has 0 amide bonds. The Bertz CT molecular complexity index is 465. The largest absolute Gasteiger partial charge is 0.391 e. The summed E-state index contributed by atoms with van der Waals surface area (Å²) in [6.45, 7) is 4.96. The van der Waals surface area contributed by atoms with Crippen LogP contribution in [0.25, 0.3) is 0 Å². The summed E-state index contributed by atoms with van der Waals surface area (Å²) < 4.78 is 22.6. The van der Waals surface area contributed by atoms with E-state index in [2.05, 4.69) is 5.32 Å². The highest BCUT2D eigenvalue weighted by molar-refractivity contribution is 7.58. The van der Waals surface area contributed by atoms with E-state index in [0.29, 0.717) is 6.54 Å². The predicted octanol–water partition coefficient (Wildman–Crippen LogP) is 1.81. The van der Waals surface area contributed by atoms with E-state index in [1.165, 1.54) is 5.56 Å². The quantitative estimate of drug-likeness (QED) is 0.304. The zero-order valence-corrected chi connectivity index (χ0v) is 14.7. The highest BCUT2D eigenvalue weighted by Gasteiger charge is 2.34. The summed E-state index contributed by atoms with van der Waals surface area (Å²) in [6.07, 6.45) is -0.342. The Morgan fingerprint density at radius 2 is 1.78 bits per heavy atom. The van der Waals surface area contributed by atoms with Crippen molar-refractivity contribution < 1.29 is 24.0 Å². The van der Waals surface area contributed by atoms with Crippen molar-refractivity contribution in [2.24, 2.45) is 0 Å². The van der Waals surface area contributed by atoms with Gasteiger partial charge in [-0.05, 0) is 32.4 Å². The normalized spacial score (nSPS) is 15.5. The summed E-state index contributed by atoms with van der Waals surface area (Å²) in [5.74, 6) is 0. The highest BCUT2D eigenvalue weighted by atomic mass is 31.2. The molecule has 3 N–H and O–H groups in total. The number of rotatable bonds is 12. The van der Waals surface area contributed by atoms with Crippen LogP contribution < -0.4 is 5.32 Å². The van der Waals surface area contributed by atoms with Crippen molar-refractivity contribution in [2.75, 3.05) is 32.5 Å². The van der Waals surface area contributed by atoms with Gasteiger partial charge in [-0.15, -0.1) is 0 Å². The maximum atomic E-state index is 12.3. The van der Waals surface area contributed by atoms with Crippen LogP contribution >= 0.6 is 7.37 Å². The predicted molar refractivity (Wildman–Crippen MR) is 90.8 cm³/mol.